The van der Waals surface area contributed by atoms with Gasteiger partial charge in [0, 0.05) is 5.92 Å². The van der Waals surface area contributed by atoms with E-state index in [0.717, 1.165) is 25.8 Å². The molecule has 0 fully saturated rings. The second-order valence-electron chi connectivity index (χ2n) is 3.57. The molecule has 2 heteroatoms. The van der Waals surface area contributed by atoms with E-state index in [1.165, 1.54) is 0 Å². The molecule has 0 radical (unpaired) electrons. The first-order valence-electron chi connectivity index (χ1n) is 5.05. The highest BCUT2D eigenvalue weighted by Crippen LogP contribution is 2.22. The Labute approximate surface area is 76.4 Å². The van der Waals surface area contributed by atoms with Crippen LogP contribution in [-0.4, -0.2) is 17.4 Å². The molecule has 12 heavy (non-hydrogen) atoms. The van der Waals surface area contributed by atoms with Crippen LogP contribution in [0, 0.1) is 5.92 Å². The van der Waals surface area contributed by atoms with Crippen molar-refractivity contribution in [1.82, 2.24) is 5.32 Å². The molecule has 0 saturated carbocycles. The molecule has 2 N–H and O–H groups in total. The highest BCUT2D eigenvalue weighted by molar-refractivity contribution is 4.77. The molecular weight excluding hydrogens is 150 g/mol. The fraction of sp³-hybridized carbons (Fsp3) is 1.00. The molecule has 0 heterocycles. The molecule has 74 valence electrons. The van der Waals surface area contributed by atoms with Crippen molar-refractivity contribution >= 4 is 0 Å². The minimum Gasteiger partial charge on any atom is -0.376 e. The molecule has 0 aromatic rings. The first-order valence-corrected chi connectivity index (χ1v) is 5.05. The molecule has 0 spiro atoms. The van der Waals surface area contributed by atoms with E-state index < -0.39 is 5.72 Å². The molecule has 0 saturated heterocycles. The molecular formula is C10H23NO. The summed E-state index contributed by atoms with van der Waals surface area (Å²) in [5.41, 5.74) is -0.681. The first-order chi connectivity index (χ1) is 5.58. The Morgan fingerprint density at radius 3 is 2.25 bits per heavy atom. The number of rotatable bonds is 6. The van der Waals surface area contributed by atoms with Crippen LogP contribution in [0.3, 0.4) is 0 Å². The summed E-state index contributed by atoms with van der Waals surface area (Å²) in [4.78, 5) is 0. The molecule has 2 atom stereocenters. The zero-order valence-electron chi connectivity index (χ0n) is 8.85. The molecule has 0 aliphatic rings. The van der Waals surface area contributed by atoms with Crippen molar-refractivity contribution in [3.05, 3.63) is 0 Å². The number of hydrogen-bond acceptors (Lipinski definition) is 2. The maximum absolute atomic E-state index is 9.99. The first kappa shape index (κ1) is 11.9. The minimum atomic E-state index is -0.681. The van der Waals surface area contributed by atoms with Crippen molar-refractivity contribution in [3.63, 3.8) is 0 Å². The topological polar surface area (TPSA) is 32.3 Å². The van der Waals surface area contributed by atoms with Gasteiger partial charge in [0.05, 0.1) is 0 Å². The molecule has 0 aliphatic carbocycles. The van der Waals surface area contributed by atoms with Gasteiger partial charge in [-0.3, -0.25) is 5.32 Å². The molecule has 0 rings (SSSR count). The summed E-state index contributed by atoms with van der Waals surface area (Å²) in [6.07, 6.45) is 3.27. The van der Waals surface area contributed by atoms with Gasteiger partial charge in [0.1, 0.15) is 5.72 Å². The smallest absolute Gasteiger partial charge is 0.116 e. The third kappa shape index (κ3) is 3.55. The Balaban J connectivity index is 4.05. The van der Waals surface area contributed by atoms with Gasteiger partial charge in [-0.1, -0.05) is 27.2 Å². The lowest BCUT2D eigenvalue weighted by Crippen LogP contribution is -2.48. The average molecular weight is 173 g/mol. The predicted octanol–water partition coefficient (Wildman–Crippen LogP) is 2.13. The normalized spacial score (nSPS) is 18.8. The van der Waals surface area contributed by atoms with Crippen LogP contribution in [-0.2, 0) is 0 Å². The largest absolute Gasteiger partial charge is 0.376 e. The Hall–Kier alpha value is -0.0800. The Morgan fingerprint density at radius 1 is 1.33 bits per heavy atom. The van der Waals surface area contributed by atoms with Gasteiger partial charge in [-0.05, 0) is 26.3 Å². The van der Waals surface area contributed by atoms with E-state index in [1.807, 2.05) is 13.8 Å². The summed E-state index contributed by atoms with van der Waals surface area (Å²) in [5.74, 6) is 0.377. The molecule has 0 amide bonds. The van der Waals surface area contributed by atoms with Crippen LogP contribution < -0.4 is 5.32 Å². The van der Waals surface area contributed by atoms with Gasteiger partial charge in [-0.2, -0.15) is 0 Å². The second kappa shape index (κ2) is 5.55. The standard InChI is InChI=1S/C10H23NO/c1-5-8-9(6-2)10(4,12)11-7-3/h9,11-12H,5-8H2,1-4H3. The van der Waals surface area contributed by atoms with Crippen molar-refractivity contribution < 1.29 is 5.11 Å². The summed E-state index contributed by atoms with van der Waals surface area (Å²) < 4.78 is 0. The Morgan fingerprint density at radius 2 is 1.92 bits per heavy atom. The van der Waals surface area contributed by atoms with E-state index in [0.29, 0.717) is 5.92 Å². The average Bonchev–Trinajstić information content (AvgIpc) is 1.99. The second-order valence-corrected chi connectivity index (χ2v) is 3.57. The van der Waals surface area contributed by atoms with Gasteiger partial charge in [0.2, 0.25) is 0 Å². The van der Waals surface area contributed by atoms with E-state index in [4.69, 9.17) is 0 Å². The third-order valence-corrected chi connectivity index (χ3v) is 2.46. The summed E-state index contributed by atoms with van der Waals surface area (Å²) in [7, 11) is 0. The van der Waals surface area contributed by atoms with Gasteiger partial charge in [-0.15, -0.1) is 0 Å². The van der Waals surface area contributed by atoms with Crippen molar-refractivity contribution in [1.29, 1.82) is 0 Å². The van der Waals surface area contributed by atoms with E-state index in [2.05, 4.69) is 19.2 Å². The maximum atomic E-state index is 9.99. The molecule has 2 nitrogen and oxygen atoms in total. The summed E-state index contributed by atoms with van der Waals surface area (Å²) in [5, 5.41) is 13.1. The zero-order valence-corrected chi connectivity index (χ0v) is 8.85. The predicted molar refractivity (Wildman–Crippen MR) is 53.0 cm³/mol. The fourth-order valence-electron chi connectivity index (χ4n) is 1.73. The molecule has 0 aliphatic heterocycles. The van der Waals surface area contributed by atoms with Crippen molar-refractivity contribution in [2.45, 2.75) is 52.7 Å². The van der Waals surface area contributed by atoms with Gasteiger partial charge < -0.3 is 5.11 Å². The fourth-order valence-corrected chi connectivity index (χ4v) is 1.73. The molecule has 0 aromatic carbocycles. The maximum Gasteiger partial charge on any atom is 0.116 e. The highest BCUT2D eigenvalue weighted by Gasteiger charge is 2.28. The van der Waals surface area contributed by atoms with Crippen LogP contribution in [0.2, 0.25) is 0 Å². The van der Waals surface area contributed by atoms with Gasteiger partial charge >= 0.3 is 0 Å². The zero-order chi connectivity index (χ0) is 9.61. The Bertz CT molecular complexity index is 112. The lowest BCUT2D eigenvalue weighted by Gasteiger charge is -2.32. The van der Waals surface area contributed by atoms with Crippen molar-refractivity contribution in [2.75, 3.05) is 6.54 Å². The molecule has 0 bridgehead atoms. The van der Waals surface area contributed by atoms with E-state index in [-0.39, 0.29) is 0 Å². The monoisotopic (exact) mass is 173 g/mol. The number of aliphatic hydroxyl groups is 1. The number of nitrogens with one attached hydrogen (secondary N) is 1. The van der Waals surface area contributed by atoms with Crippen LogP contribution in [0.25, 0.3) is 0 Å². The van der Waals surface area contributed by atoms with Crippen LogP contribution in [0.1, 0.15) is 47.0 Å². The quantitative estimate of drug-likeness (QED) is 0.603. The van der Waals surface area contributed by atoms with E-state index in [9.17, 15) is 5.11 Å². The Kier molecular flexibility index (Phi) is 5.51. The van der Waals surface area contributed by atoms with Crippen LogP contribution in [0.5, 0.6) is 0 Å². The van der Waals surface area contributed by atoms with Crippen LogP contribution in [0.4, 0.5) is 0 Å². The van der Waals surface area contributed by atoms with Crippen molar-refractivity contribution in [3.8, 4) is 0 Å². The van der Waals surface area contributed by atoms with Gasteiger partial charge in [0.15, 0.2) is 0 Å². The van der Waals surface area contributed by atoms with Crippen LogP contribution >= 0.6 is 0 Å². The lowest BCUT2D eigenvalue weighted by molar-refractivity contribution is -0.0363. The molecule has 2 unspecified atom stereocenters. The minimum absolute atomic E-state index is 0.377. The van der Waals surface area contributed by atoms with Crippen LogP contribution in [0.15, 0.2) is 0 Å². The van der Waals surface area contributed by atoms with E-state index >= 15 is 0 Å². The number of hydrogen-bond donors (Lipinski definition) is 2. The summed E-state index contributed by atoms with van der Waals surface area (Å²) in [6, 6.07) is 0. The van der Waals surface area contributed by atoms with E-state index in [1.54, 1.807) is 0 Å². The summed E-state index contributed by atoms with van der Waals surface area (Å²) >= 11 is 0. The molecule has 0 aromatic heterocycles. The SMILES string of the molecule is CCCC(CC)C(C)(O)NCC. The summed E-state index contributed by atoms with van der Waals surface area (Å²) in [6.45, 7) is 9.01. The van der Waals surface area contributed by atoms with Gasteiger partial charge in [0.25, 0.3) is 0 Å². The van der Waals surface area contributed by atoms with Gasteiger partial charge in [-0.25, -0.2) is 0 Å². The third-order valence-electron chi connectivity index (χ3n) is 2.46. The van der Waals surface area contributed by atoms with Crippen molar-refractivity contribution in [2.24, 2.45) is 5.92 Å². The highest BCUT2D eigenvalue weighted by atomic mass is 16.3. The lowest BCUT2D eigenvalue weighted by atomic mass is 9.90.